The van der Waals surface area contributed by atoms with Crippen LogP contribution in [0.25, 0.3) is 10.9 Å². The van der Waals surface area contributed by atoms with Crippen molar-refractivity contribution in [2.24, 2.45) is 0 Å². The predicted octanol–water partition coefficient (Wildman–Crippen LogP) is 4.64. The number of para-hydroxylation sites is 2. The molecule has 0 radical (unpaired) electrons. The molecule has 31 heavy (non-hydrogen) atoms. The minimum Gasteiger partial charge on any atom is -0.496 e. The van der Waals surface area contributed by atoms with Gasteiger partial charge >= 0.3 is 5.97 Å². The van der Waals surface area contributed by atoms with Crippen molar-refractivity contribution in [1.82, 2.24) is 4.98 Å². The number of nitrogens with zero attached hydrogens (tertiary/aromatic N) is 1. The van der Waals surface area contributed by atoms with Crippen molar-refractivity contribution >= 4 is 28.5 Å². The smallest absolute Gasteiger partial charge is 0.315 e. The van der Waals surface area contributed by atoms with E-state index in [9.17, 15) is 9.59 Å². The first-order valence-corrected chi connectivity index (χ1v) is 9.72. The molecule has 6 heteroatoms. The lowest BCUT2D eigenvalue weighted by atomic mass is 10.1. The van der Waals surface area contributed by atoms with E-state index in [2.05, 4.69) is 10.3 Å². The molecule has 1 N–H and O–H groups in total. The minimum atomic E-state index is -0.385. The molecular weight excluding hydrogens is 392 g/mol. The van der Waals surface area contributed by atoms with Crippen LogP contribution in [0.5, 0.6) is 11.5 Å². The average molecular weight is 412 g/mol. The number of ether oxygens (including phenoxy) is 2. The van der Waals surface area contributed by atoms with Gasteiger partial charge in [-0.25, -0.2) is 0 Å². The molecule has 4 aromatic rings. The summed E-state index contributed by atoms with van der Waals surface area (Å²) in [5.41, 5.74) is 2.61. The molecular formula is C25H20N2O4. The molecule has 0 bridgehead atoms. The Kier molecular flexibility index (Phi) is 5.89. The number of benzene rings is 3. The van der Waals surface area contributed by atoms with Gasteiger partial charge in [0.2, 0.25) is 0 Å². The number of anilines is 1. The molecule has 0 fully saturated rings. The van der Waals surface area contributed by atoms with Crippen LogP contribution >= 0.6 is 0 Å². The van der Waals surface area contributed by atoms with Crippen molar-refractivity contribution in [1.29, 1.82) is 0 Å². The second-order valence-corrected chi connectivity index (χ2v) is 6.82. The van der Waals surface area contributed by atoms with Crippen LogP contribution < -0.4 is 14.8 Å². The molecule has 0 aliphatic rings. The molecule has 1 heterocycles. The number of carbonyl (C=O) groups is 2. The fourth-order valence-electron chi connectivity index (χ4n) is 3.27. The van der Waals surface area contributed by atoms with Gasteiger partial charge in [0.15, 0.2) is 0 Å². The summed E-state index contributed by atoms with van der Waals surface area (Å²) in [6, 6.07) is 23.1. The molecule has 0 unspecified atom stereocenters. The molecule has 0 aliphatic heterocycles. The number of carbonyl (C=O) groups excluding carboxylic acids is 2. The molecule has 0 spiro atoms. The third kappa shape index (κ3) is 4.70. The van der Waals surface area contributed by atoms with Crippen molar-refractivity contribution in [3.8, 4) is 11.5 Å². The molecule has 1 aromatic heterocycles. The molecule has 0 aliphatic carbocycles. The summed E-state index contributed by atoms with van der Waals surface area (Å²) in [5, 5.41) is 3.78. The Balaban J connectivity index is 1.40. The Bertz CT molecular complexity index is 1230. The van der Waals surface area contributed by atoms with Gasteiger partial charge in [-0.05, 0) is 48.0 Å². The van der Waals surface area contributed by atoms with E-state index in [4.69, 9.17) is 9.47 Å². The summed E-state index contributed by atoms with van der Waals surface area (Å²) < 4.78 is 10.7. The minimum absolute atomic E-state index is 0.112. The van der Waals surface area contributed by atoms with Crippen LogP contribution in [0.1, 0.15) is 15.9 Å². The van der Waals surface area contributed by atoms with Gasteiger partial charge in [-0.1, -0.05) is 36.4 Å². The van der Waals surface area contributed by atoms with E-state index in [1.807, 2.05) is 30.3 Å². The lowest BCUT2D eigenvalue weighted by Crippen LogP contribution is -2.13. The van der Waals surface area contributed by atoms with Crippen LogP contribution in [0, 0.1) is 0 Å². The van der Waals surface area contributed by atoms with Gasteiger partial charge < -0.3 is 14.8 Å². The highest BCUT2D eigenvalue weighted by Gasteiger charge is 2.13. The number of amides is 1. The van der Waals surface area contributed by atoms with Crippen molar-refractivity contribution in [3.63, 3.8) is 0 Å². The van der Waals surface area contributed by atoms with Crippen molar-refractivity contribution in [2.45, 2.75) is 6.42 Å². The van der Waals surface area contributed by atoms with Crippen molar-refractivity contribution in [2.75, 3.05) is 12.4 Å². The Morgan fingerprint density at radius 2 is 1.68 bits per heavy atom. The second-order valence-electron chi connectivity index (χ2n) is 6.82. The standard InChI is InChI=1S/C25H20N2O4/c1-30-22-10-3-2-9-21(22)25(29)27-19-11-13-20(14-12-19)31-23(28)16-18-7-4-6-17-8-5-15-26-24(17)18/h2-15H,16H2,1H3,(H,27,29). The van der Waals surface area contributed by atoms with E-state index in [0.717, 1.165) is 16.5 Å². The topological polar surface area (TPSA) is 77.5 Å². The highest BCUT2D eigenvalue weighted by atomic mass is 16.5. The number of esters is 1. The molecule has 0 saturated heterocycles. The first-order valence-electron chi connectivity index (χ1n) is 9.72. The van der Waals surface area contributed by atoms with Crippen LogP contribution in [0.4, 0.5) is 5.69 Å². The first kappa shape index (κ1) is 20.1. The van der Waals surface area contributed by atoms with E-state index >= 15 is 0 Å². The van der Waals surface area contributed by atoms with E-state index < -0.39 is 0 Å². The monoisotopic (exact) mass is 412 g/mol. The van der Waals surface area contributed by atoms with Crippen LogP contribution in [-0.2, 0) is 11.2 Å². The highest BCUT2D eigenvalue weighted by molar-refractivity contribution is 6.06. The number of pyridine rings is 1. The Labute approximate surface area is 179 Å². The van der Waals surface area contributed by atoms with Crippen LogP contribution in [0.15, 0.2) is 85.1 Å². The maximum absolute atomic E-state index is 12.5. The second kappa shape index (κ2) is 9.09. The van der Waals surface area contributed by atoms with E-state index in [1.54, 1.807) is 54.7 Å². The summed E-state index contributed by atoms with van der Waals surface area (Å²) >= 11 is 0. The third-order valence-electron chi connectivity index (χ3n) is 4.75. The van der Waals surface area contributed by atoms with Gasteiger partial charge in [0, 0.05) is 17.3 Å². The summed E-state index contributed by atoms with van der Waals surface area (Å²) in [4.78, 5) is 29.3. The molecule has 4 rings (SSSR count). The SMILES string of the molecule is COc1ccccc1C(=O)Nc1ccc(OC(=O)Cc2cccc3cccnc23)cc1. The van der Waals surface area contributed by atoms with E-state index in [-0.39, 0.29) is 18.3 Å². The zero-order valence-corrected chi connectivity index (χ0v) is 16.9. The molecule has 0 saturated carbocycles. The number of aromatic nitrogens is 1. The highest BCUT2D eigenvalue weighted by Crippen LogP contribution is 2.22. The summed E-state index contributed by atoms with van der Waals surface area (Å²) in [6.45, 7) is 0. The normalized spacial score (nSPS) is 10.5. The molecule has 6 nitrogen and oxygen atoms in total. The number of hydrogen-bond donors (Lipinski definition) is 1. The Morgan fingerprint density at radius 1 is 0.903 bits per heavy atom. The number of rotatable bonds is 6. The van der Waals surface area contributed by atoms with Gasteiger partial charge in [0.05, 0.1) is 24.6 Å². The number of fused-ring (bicyclic) bond motifs is 1. The largest absolute Gasteiger partial charge is 0.496 e. The van der Waals surface area contributed by atoms with Gasteiger partial charge in [-0.3, -0.25) is 14.6 Å². The van der Waals surface area contributed by atoms with Gasteiger partial charge in [0.1, 0.15) is 11.5 Å². The Morgan fingerprint density at radius 3 is 2.48 bits per heavy atom. The third-order valence-corrected chi connectivity index (χ3v) is 4.75. The van der Waals surface area contributed by atoms with Crippen LogP contribution in [-0.4, -0.2) is 24.0 Å². The number of methoxy groups -OCH3 is 1. The number of hydrogen-bond acceptors (Lipinski definition) is 5. The zero-order valence-electron chi connectivity index (χ0n) is 16.9. The fraction of sp³-hybridized carbons (Fsp3) is 0.0800. The van der Waals surface area contributed by atoms with Crippen LogP contribution in [0.2, 0.25) is 0 Å². The lowest BCUT2D eigenvalue weighted by molar-refractivity contribution is -0.133. The van der Waals surface area contributed by atoms with Crippen molar-refractivity contribution < 1.29 is 19.1 Å². The summed E-state index contributed by atoms with van der Waals surface area (Å²) in [5.74, 6) is 0.219. The summed E-state index contributed by atoms with van der Waals surface area (Å²) in [7, 11) is 1.52. The van der Waals surface area contributed by atoms with E-state index in [1.165, 1.54) is 7.11 Å². The zero-order chi connectivity index (χ0) is 21.6. The average Bonchev–Trinajstić information content (AvgIpc) is 2.80. The lowest BCUT2D eigenvalue weighted by Gasteiger charge is -2.10. The molecule has 1 amide bonds. The number of nitrogens with one attached hydrogen (secondary N) is 1. The van der Waals surface area contributed by atoms with Crippen molar-refractivity contribution in [3.05, 3.63) is 96.2 Å². The first-order chi connectivity index (χ1) is 15.1. The van der Waals surface area contributed by atoms with Crippen LogP contribution in [0.3, 0.4) is 0 Å². The molecule has 154 valence electrons. The maximum atomic E-state index is 12.5. The fourth-order valence-corrected chi connectivity index (χ4v) is 3.27. The predicted molar refractivity (Wildman–Crippen MR) is 118 cm³/mol. The maximum Gasteiger partial charge on any atom is 0.315 e. The van der Waals surface area contributed by atoms with Gasteiger partial charge in [-0.15, -0.1) is 0 Å². The Hall–Kier alpha value is -4.19. The molecule has 3 aromatic carbocycles. The molecule has 0 atom stereocenters. The van der Waals surface area contributed by atoms with Gasteiger partial charge in [0.25, 0.3) is 5.91 Å². The van der Waals surface area contributed by atoms with E-state index in [0.29, 0.717) is 22.7 Å². The quantitative estimate of drug-likeness (QED) is 0.369. The summed E-state index contributed by atoms with van der Waals surface area (Å²) in [6.07, 6.45) is 1.82. The van der Waals surface area contributed by atoms with Gasteiger partial charge in [-0.2, -0.15) is 0 Å².